The van der Waals surface area contributed by atoms with Gasteiger partial charge in [-0.15, -0.1) is 0 Å². The summed E-state index contributed by atoms with van der Waals surface area (Å²) in [5, 5.41) is 0. The fourth-order valence-electron chi connectivity index (χ4n) is 2.82. The number of ether oxygens (including phenoxy) is 2. The molecule has 1 aliphatic rings. The molecule has 0 aliphatic carbocycles. The van der Waals surface area contributed by atoms with Gasteiger partial charge in [0.25, 0.3) is 5.91 Å². The monoisotopic (exact) mass is 427 g/mol. The number of morpholine rings is 1. The van der Waals surface area contributed by atoms with E-state index in [0.717, 1.165) is 10.2 Å². The van der Waals surface area contributed by atoms with Gasteiger partial charge in [0.2, 0.25) is 5.91 Å². The Morgan fingerprint density at radius 3 is 2.64 bits per heavy atom. The summed E-state index contributed by atoms with van der Waals surface area (Å²) >= 11 is 1.26. The molecule has 3 rings (SSSR count). The van der Waals surface area contributed by atoms with Crippen LogP contribution in [0.15, 0.2) is 23.2 Å². The molecule has 0 unspecified atom stereocenters. The molecule has 0 radical (unpaired) electrons. The molecule has 152 valence electrons. The molecule has 0 bridgehead atoms. The van der Waals surface area contributed by atoms with Crippen molar-refractivity contribution in [1.82, 2.24) is 9.47 Å². The number of rotatable bonds is 5. The summed E-state index contributed by atoms with van der Waals surface area (Å²) < 4.78 is 37.4. The predicted octanol–water partition coefficient (Wildman–Crippen LogP) is -0.0507. The van der Waals surface area contributed by atoms with Crippen LogP contribution in [0.25, 0.3) is 10.2 Å². The molecule has 9 nitrogen and oxygen atoms in total. The van der Waals surface area contributed by atoms with Gasteiger partial charge >= 0.3 is 0 Å². The van der Waals surface area contributed by atoms with E-state index < -0.39 is 33.2 Å². The number of carbonyl (C=O) groups is 2. The van der Waals surface area contributed by atoms with E-state index in [1.165, 1.54) is 16.2 Å². The quantitative estimate of drug-likeness (QED) is 0.662. The van der Waals surface area contributed by atoms with Crippen molar-refractivity contribution in [2.45, 2.75) is 0 Å². The Bertz CT molecular complexity index is 1060. The lowest BCUT2D eigenvalue weighted by Crippen LogP contribution is -2.43. The van der Waals surface area contributed by atoms with Gasteiger partial charge in [0, 0.05) is 20.1 Å². The summed E-state index contributed by atoms with van der Waals surface area (Å²) in [4.78, 5) is 30.1. The van der Waals surface area contributed by atoms with Gasteiger partial charge in [-0.3, -0.25) is 9.59 Å². The zero-order chi connectivity index (χ0) is 20.3. The minimum absolute atomic E-state index is 0.355. The summed E-state index contributed by atoms with van der Waals surface area (Å²) in [7, 11) is -0.597. The highest BCUT2D eigenvalue weighted by molar-refractivity contribution is 7.92. The second-order valence-corrected chi connectivity index (χ2v) is 9.38. The van der Waals surface area contributed by atoms with E-state index in [-0.39, 0.29) is 0 Å². The minimum Gasteiger partial charge on any atom is -0.497 e. The molecular formula is C17H21N3O6S2. The maximum Gasteiger partial charge on any atom is 0.263 e. The zero-order valence-corrected chi connectivity index (χ0v) is 17.2. The van der Waals surface area contributed by atoms with Crippen LogP contribution >= 0.6 is 11.3 Å². The molecule has 0 N–H and O–H groups in total. The number of amides is 2. The SMILES string of the molecule is COc1ccc2c(c1)sc(=NC(=O)CS(=O)(=O)CC(=O)N1CCOCC1)n2C. The Morgan fingerprint density at radius 2 is 1.96 bits per heavy atom. The smallest absolute Gasteiger partial charge is 0.263 e. The molecule has 1 aromatic heterocycles. The van der Waals surface area contributed by atoms with Crippen molar-refractivity contribution in [3.05, 3.63) is 23.0 Å². The van der Waals surface area contributed by atoms with Crippen LogP contribution in [0.5, 0.6) is 5.75 Å². The highest BCUT2D eigenvalue weighted by Crippen LogP contribution is 2.22. The number of thiazole rings is 1. The van der Waals surface area contributed by atoms with Gasteiger partial charge < -0.3 is 18.9 Å². The summed E-state index contributed by atoms with van der Waals surface area (Å²) in [5.74, 6) is -2.15. The van der Waals surface area contributed by atoms with Gasteiger partial charge in [-0.1, -0.05) is 11.3 Å². The summed E-state index contributed by atoms with van der Waals surface area (Å²) in [6, 6.07) is 5.45. The normalized spacial score (nSPS) is 15.8. The van der Waals surface area contributed by atoms with Crippen molar-refractivity contribution in [3.8, 4) is 5.75 Å². The second kappa shape index (κ2) is 8.41. The third-order valence-electron chi connectivity index (χ3n) is 4.29. The average molecular weight is 428 g/mol. The Hall–Kier alpha value is -2.24. The van der Waals surface area contributed by atoms with Crippen molar-refractivity contribution in [3.63, 3.8) is 0 Å². The van der Waals surface area contributed by atoms with Gasteiger partial charge in [0.15, 0.2) is 14.6 Å². The number of carbonyl (C=O) groups excluding carboxylic acids is 2. The number of sulfone groups is 1. The number of aromatic nitrogens is 1. The lowest BCUT2D eigenvalue weighted by Gasteiger charge is -2.26. The van der Waals surface area contributed by atoms with Crippen LogP contribution in [0.1, 0.15) is 0 Å². The number of aryl methyl sites for hydroxylation is 1. The summed E-state index contributed by atoms with van der Waals surface area (Å²) in [6.07, 6.45) is 0. The van der Waals surface area contributed by atoms with Gasteiger partial charge in [0.1, 0.15) is 17.3 Å². The first-order chi connectivity index (χ1) is 13.3. The van der Waals surface area contributed by atoms with E-state index in [4.69, 9.17) is 9.47 Å². The predicted molar refractivity (Wildman–Crippen MR) is 104 cm³/mol. The number of methoxy groups -OCH3 is 1. The lowest BCUT2D eigenvalue weighted by atomic mass is 10.3. The fraction of sp³-hybridized carbons (Fsp3) is 0.471. The van der Waals surface area contributed by atoms with E-state index in [1.807, 2.05) is 12.1 Å². The maximum atomic E-state index is 12.2. The molecular weight excluding hydrogens is 406 g/mol. The van der Waals surface area contributed by atoms with Crippen LogP contribution in [0, 0.1) is 0 Å². The number of nitrogens with zero attached hydrogens (tertiary/aromatic N) is 3. The lowest BCUT2D eigenvalue weighted by molar-refractivity contribution is -0.132. The standard InChI is InChI=1S/C17H21N3O6S2/c1-19-13-4-3-12(25-2)9-14(13)27-17(19)18-15(21)10-28(23,24)11-16(22)20-5-7-26-8-6-20/h3-4,9H,5-8,10-11H2,1-2H3. The molecule has 2 amide bonds. The van der Waals surface area contributed by atoms with Crippen LogP contribution < -0.4 is 9.54 Å². The first-order valence-corrected chi connectivity index (χ1v) is 11.2. The van der Waals surface area contributed by atoms with Crippen molar-refractivity contribution in [1.29, 1.82) is 0 Å². The van der Waals surface area contributed by atoms with Crippen molar-refractivity contribution in [2.24, 2.45) is 12.0 Å². The third kappa shape index (κ3) is 4.78. The molecule has 28 heavy (non-hydrogen) atoms. The Labute approximate surface area is 166 Å². The van der Waals surface area contributed by atoms with Crippen LogP contribution in [-0.2, 0) is 31.2 Å². The molecule has 0 spiro atoms. The molecule has 2 heterocycles. The molecule has 1 aromatic carbocycles. The van der Waals surface area contributed by atoms with E-state index in [1.54, 1.807) is 24.8 Å². The molecule has 0 atom stereocenters. The first kappa shape index (κ1) is 20.5. The number of fused-ring (bicyclic) bond motifs is 1. The maximum absolute atomic E-state index is 12.2. The molecule has 1 saturated heterocycles. The zero-order valence-electron chi connectivity index (χ0n) is 15.6. The third-order valence-corrected chi connectivity index (χ3v) is 6.76. The van der Waals surface area contributed by atoms with Crippen LogP contribution in [0.3, 0.4) is 0 Å². The number of hydrogen-bond acceptors (Lipinski definition) is 7. The second-order valence-electron chi connectivity index (χ2n) is 6.31. The molecule has 2 aromatic rings. The summed E-state index contributed by atoms with van der Waals surface area (Å²) in [5.41, 5.74) is 0.850. The Morgan fingerprint density at radius 1 is 1.25 bits per heavy atom. The largest absolute Gasteiger partial charge is 0.497 e. The van der Waals surface area contributed by atoms with E-state index >= 15 is 0 Å². The fourth-order valence-corrected chi connectivity index (χ4v) is 4.98. The summed E-state index contributed by atoms with van der Waals surface area (Å²) in [6.45, 7) is 1.47. The molecule has 1 fully saturated rings. The van der Waals surface area contributed by atoms with Crippen LogP contribution in [0.2, 0.25) is 0 Å². The van der Waals surface area contributed by atoms with E-state index in [0.29, 0.717) is 36.9 Å². The highest BCUT2D eigenvalue weighted by atomic mass is 32.2. The Kier molecular flexibility index (Phi) is 6.16. The Balaban J connectivity index is 1.74. The van der Waals surface area contributed by atoms with Gasteiger partial charge in [-0.05, 0) is 18.2 Å². The van der Waals surface area contributed by atoms with E-state index in [2.05, 4.69) is 4.99 Å². The average Bonchev–Trinajstić information content (AvgIpc) is 2.96. The van der Waals surface area contributed by atoms with Gasteiger partial charge in [0.05, 0.1) is 30.5 Å². The minimum atomic E-state index is -3.90. The number of hydrogen-bond donors (Lipinski definition) is 0. The topological polar surface area (TPSA) is 107 Å². The molecule has 1 aliphatic heterocycles. The van der Waals surface area contributed by atoms with Crippen molar-refractivity contribution < 1.29 is 27.5 Å². The molecule has 11 heteroatoms. The van der Waals surface area contributed by atoms with Crippen molar-refractivity contribution >= 4 is 43.2 Å². The van der Waals surface area contributed by atoms with Gasteiger partial charge in [-0.25, -0.2) is 8.42 Å². The van der Waals surface area contributed by atoms with Gasteiger partial charge in [-0.2, -0.15) is 4.99 Å². The first-order valence-electron chi connectivity index (χ1n) is 8.56. The van der Waals surface area contributed by atoms with E-state index in [9.17, 15) is 18.0 Å². The van der Waals surface area contributed by atoms with Crippen LogP contribution in [-0.4, -0.2) is 74.6 Å². The molecule has 0 saturated carbocycles. The van der Waals surface area contributed by atoms with Crippen molar-refractivity contribution in [2.75, 3.05) is 44.9 Å². The number of benzene rings is 1. The highest BCUT2D eigenvalue weighted by Gasteiger charge is 2.25. The van der Waals surface area contributed by atoms with Crippen LogP contribution in [0.4, 0.5) is 0 Å².